The molecule has 7 heteroatoms. The molecule has 3 rings (SSSR count). The number of hydrogen-bond donors (Lipinski definition) is 2. The topological polar surface area (TPSA) is 80.5 Å². The van der Waals surface area contributed by atoms with Gasteiger partial charge in [-0.15, -0.1) is 0 Å². The SMILES string of the molecule is CCNC(=NCCS(=O)Cc1ccccc1)NC1CCCN(c2ccccc2C#N)C1. The van der Waals surface area contributed by atoms with E-state index >= 15 is 0 Å². The van der Waals surface area contributed by atoms with Crippen LogP contribution >= 0.6 is 0 Å². The number of rotatable bonds is 8. The number of para-hydroxylation sites is 1. The Morgan fingerprint density at radius 1 is 1.23 bits per heavy atom. The van der Waals surface area contributed by atoms with Crippen LogP contribution in [0.4, 0.5) is 5.69 Å². The lowest BCUT2D eigenvalue weighted by molar-refractivity contribution is 0.468. The van der Waals surface area contributed by atoms with Gasteiger partial charge in [0, 0.05) is 48.0 Å². The summed E-state index contributed by atoms with van der Waals surface area (Å²) in [5.41, 5.74) is 2.80. The van der Waals surface area contributed by atoms with Crippen LogP contribution < -0.4 is 15.5 Å². The normalized spacial score (nSPS) is 17.6. The van der Waals surface area contributed by atoms with Crippen LogP contribution in [0, 0.1) is 11.3 Å². The van der Waals surface area contributed by atoms with Crippen LogP contribution in [0.3, 0.4) is 0 Å². The summed E-state index contributed by atoms with van der Waals surface area (Å²) in [5, 5.41) is 16.3. The van der Waals surface area contributed by atoms with E-state index in [1.54, 1.807) is 0 Å². The van der Waals surface area contributed by atoms with Crippen molar-refractivity contribution >= 4 is 22.4 Å². The molecule has 0 bridgehead atoms. The van der Waals surface area contributed by atoms with Crippen molar-refractivity contribution in [1.82, 2.24) is 10.6 Å². The van der Waals surface area contributed by atoms with Crippen molar-refractivity contribution in [3.63, 3.8) is 0 Å². The summed E-state index contributed by atoms with van der Waals surface area (Å²) in [6.45, 7) is 5.10. The van der Waals surface area contributed by atoms with Gasteiger partial charge in [0.05, 0.1) is 17.8 Å². The first kappa shape index (κ1) is 22.8. The quantitative estimate of drug-likeness (QED) is 0.490. The van der Waals surface area contributed by atoms with Gasteiger partial charge in [-0.25, -0.2) is 0 Å². The van der Waals surface area contributed by atoms with E-state index in [0.717, 1.165) is 49.7 Å². The fourth-order valence-corrected chi connectivity index (χ4v) is 4.77. The first-order valence-corrected chi connectivity index (χ1v) is 12.4. The maximum Gasteiger partial charge on any atom is 0.191 e. The van der Waals surface area contributed by atoms with Crippen LogP contribution in [-0.4, -0.2) is 48.1 Å². The Morgan fingerprint density at radius 2 is 2.00 bits per heavy atom. The zero-order valence-corrected chi connectivity index (χ0v) is 18.9. The smallest absolute Gasteiger partial charge is 0.191 e. The minimum absolute atomic E-state index is 0.244. The molecule has 2 N–H and O–H groups in total. The number of guanidine groups is 1. The molecule has 0 saturated carbocycles. The van der Waals surface area contributed by atoms with Crippen LogP contribution in [0.1, 0.15) is 30.9 Å². The highest BCUT2D eigenvalue weighted by Crippen LogP contribution is 2.23. The molecule has 164 valence electrons. The third kappa shape index (κ3) is 7.11. The summed E-state index contributed by atoms with van der Waals surface area (Å²) in [7, 11) is -0.934. The first-order valence-electron chi connectivity index (χ1n) is 10.9. The van der Waals surface area contributed by atoms with Crippen LogP contribution in [0.15, 0.2) is 59.6 Å². The summed E-state index contributed by atoms with van der Waals surface area (Å²) in [6, 6.07) is 20.2. The van der Waals surface area contributed by atoms with Gasteiger partial charge in [-0.2, -0.15) is 5.26 Å². The Hall–Kier alpha value is -2.85. The van der Waals surface area contributed by atoms with E-state index < -0.39 is 10.8 Å². The Kier molecular flexibility index (Phi) is 8.92. The highest BCUT2D eigenvalue weighted by Gasteiger charge is 2.22. The monoisotopic (exact) mass is 437 g/mol. The van der Waals surface area contributed by atoms with Crippen LogP contribution in [0.25, 0.3) is 0 Å². The van der Waals surface area contributed by atoms with Gasteiger partial charge in [0.15, 0.2) is 5.96 Å². The zero-order valence-electron chi connectivity index (χ0n) is 18.1. The highest BCUT2D eigenvalue weighted by molar-refractivity contribution is 7.84. The van der Waals surface area contributed by atoms with Gasteiger partial charge in [0.25, 0.3) is 0 Å². The van der Waals surface area contributed by atoms with Crippen molar-refractivity contribution in [2.45, 2.75) is 31.6 Å². The van der Waals surface area contributed by atoms with E-state index in [-0.39, 0.29) is 6.04 Å². The molecule has 2 aromatic carbocycles. The first-order chi connectivity index (χ1) is 15.2. The minimum atomic E-state index is -0.934. The lowest BCUT2D eigenvalue weighted by Crippen LogP contribution is -2.51. The standard InChI is InChI=1S/C24H31N5OS/c1-2-26-24(27-14-16-31(30)19-20-9-4-3-5-10-20)28-22-12-8-15-29(18-22)23-13-7-6-11-21(23)17-25/h3-7,9-11,13,22H,2,8,12,14-16,18-19H2,1H3,(H2,26,27,28). The van der Waals surface area contributed by atoms with E-state index in [1.807, 2.05) is 61.5 Å². The molecule has 1 heterocycles. The van der Waals surface area contributed by atoms with E-state index in [2.05, 4.69) is 26.6 Å². The number of hydrogen-bond acceptors (Lipinski definition) is 4. The molecule has 31 heavy (non-hydrogen) atoms. The molecular weight excluding hydrogens is 406 g/mol. The Balaban J connectivity index is 1.55. The van der Waals surface area contributed by atoms with E-state index in [1.165, 1.54) is 0 Å². The van der Waals surface area contributed by atoms with Gasteiger partial charge < -0.3 is 15.5 Å². The third-order valence-electron chi connectivity index (χ3n) is 5.23. The van der Waals surface area contributed by atoms with E-state index in [0.29, 0.717) is 23.6 Å². The summed E-state index contributed by atoms with van der Waals surface area (Å²) >= 11 is 0. The van der Waals surface area contributed by atoms with Crippen LogP contribution in [-0.2, 0) is 16.6 Å². The molecule has 1 aliphatic rings. The fraction of sp³-hybridized carbons (Fsp3) is 0.417. The van der Waals surface area contributed by atoms with Crippen LogP contribution in [0.2, 0.25) is 0 Å². The summed E-state index contributed by atoms with van der Waals surface area (Å²) in [4.78, 5) is 6.93. The van der Waals surface area contributed by atoms with E-state index in [9.17, 15) is 9.47 Å². The fourth-order valence-electron chi connectivity index (χ4n) is 3.76. The van der Waals surface area contributed by atoms with E-state index in [4.69, 9.17) is 0 Å². The number of nitrogens with zero attached hydrogens (tertiary/aromatic N) is 3. The van der Waals surface area contributed by atoms with Crippen molar-refractivity contribution in [2.75, 3.05) is 36.8 Å². The molecule has 1 fully saturated rings. The van der Waals surface area contributed by atoms with Gasteiger partial charge >= 0.3 is 0 Å². The second-order valence-corrected chi connectivity index (χ2v) is 9.17. The van der Waals surface area contributed by atoms with Crippen molar-refractivity contribution in [3.8, 4) is 6.07 Å². The predicted octanol–water partition coefficient (Wildman–Crippen LogP) is 3.03. The molecule has 0 aliphatic carbocycles. The average molecular weight is 438 g/mol. The molecule has 6 nitrogen and oxygen atoms in total. The zero-order chi connectivity index (χ0) is 21.9. The maximum atomic E-state index is 12.4. The number of nitriles is 1. The molecule has 2 aromatic rings. The molecular formula is C24H31N5OS. The summed E-state index contributed by atoms with van der Waals surface area (Å²) in [5.74, 6) is 1.87. The Morgan fingerprint density at radius 3 is 2.77 bits per heavy atom. The Bertz CT molecular complexity index is 925. The second-order valence-electron chi connectivity index (χ2n) is 7.59. The molecule has 1 aliphatic heterocycles. The minimum Gasteiger partial charge on any atom is -0.368 e. The summed E-state index contributed by atoms with van der Waals surface area (Å²) in [6.07, 6.45) is 2.10. The number of aliphatic imine (C=N–C) groups is 1. The lowest BCUT2D eigenvalue weighted by atomic mass is 10.0. The van der Waals surface area contributed by atoms with Gasteiger partial charge in [0.1, 0.15) is 6.07 Å². The number of anilines is 1. The number of piperidine rings is 1. The van der Waals surface area contributed by atoms with Crippen molar-refractivity contribution in [3.05, 3.63) is 65.7 Å². The maximum absolute atomic E-state index is 12.4. The van der Waals surface area contributed by atoms with Crippen molar-refractivity contribution < 1.29 is 4.21 Å². The second kappa shape index (κ2) is 12.1. The Labute approximate surface area is 187 Å². The molecule has 0 amide bonds. The van der Waals surface area contributed by atoms with Gasteiger partial charge in [0.2, 0.25) is 0 Å². The predicted molar refractivity (Wildman–Crippen MR) is 129 cm³/mol. The van der Waals surface area contributed by atoms with Gasteiger partial charge in [-0.1, -0.05) is 42.5 Å². The summed E-state index contributed by atoms with van der Waals surface area (Å²) < 4.78 is 12.4. The molecule has 2 atom stereocenters. The highest BCUT2D eigenvalue weighted by atomic mass is 32.2. The molecule has 0 spiro atoms. The van der Waals surface area contributed by atoms with Crippen LogP contribution in [0.5, 0.6) is 0 Å². The molecule has 0 radical (unpaired) electrons. The van der Waals surface area contributed by atoms with Crippen molar-refractivity contribution in [2.24, 2.45) is 4.99 Å². The molecule has 1 saturated heterocycles. The number of nitrogens with one attached hydrogen (secondary N) is 2. The molecule has 0 aromatic heterocycles. The largest absolute Gasteiger partial charge is 0.368 e. The lowest BCUT2D eigenvalue weighted by Gasteiger charge is -2.35. The third-order valence-corrected chi connectivity index (χ3v) is 6.52. The van der Waals surface area contributed by atoms with Gasteiger partial charge in [-0.3, -0.25) is 9.20 Å². The van der Waals surface area contributed by atoms with Crippen molar-refractivity contribution in [1.29, 1.82) is 5.26 Å². The molecule has 2 unspecified atom stereocenters. The number of benzene rings is 2. The van der Waals surface area contributed by atoms with Gasteiger partial charge in [-0.05, 0) is 37.5 Å². The average Bonchev–Trinajstić information content (AvgIpc) is 2.80.